The number of nitrogens with zero attached hydrogens (tertiary/aromatic N) is 1. The number of benzene rings is 2. The summed E-state index contributed by atoms with van der Waals surface area (Å²) in [5.74, 6) is 0. The Morgan fingerprint density at radius 2 is 1.89 bits per heavy atom. The molecule has 2 N–H and O–H groups in total. The zero-order valence-corrected chi connectivity index (χ0v) is 11.3. The van der Waals surface area contributed by atoms with Gasteiger partial charge in [0.25, 0.3) is 0 Å². The minimum absolute atomic E-state index is 0.117. The average molecular weight is 252 g/mol. The summed E-state index contributed by atoms with van der Waals surface area (Å²) in [5.41, 5.74) is 11.5. The largest absolute Gasteiger partial charge is 0.367 e. The Hall–Kier alpha value is -1.80. The maximum absolute atomic E-state index is 6.07. The van der Waals surface area contributed by atoms with Gasteiger partial charge in [0, 0.05) is 24.8 Å². The van der Waals surface area contributed by atoms with Crippen LogP contribution in [0.25, 0.3) is 0 Å². The summed E-state index contributed by atoms with van der Waals surface area (Å²) in [6.07, 6.45) is 1.11. The van der Waals surface area contributed by atoms with E-state index in [0.717, 1.165) is 19.5 Å². The normalized spacial score (nSPS) is 15.4. The van der Waals surface area contributed by atoms with Gasteiger partial charge < -0.3 is 10.6 Å². The molecular weight excluding hydrogens is 232 g/mol. The lowest BCUT2D eigenvalue weighted by Crippen LogP contribution is -2.19. The van der Waals surface area contributed by atoms with Crippen molar-refractivity contribution in [3.05, 3.63) is 65.2 Å². The molecule has 1 heterocycles. The number of hydrogen-bond acceptors (Lipinski definition) is 2. The molecule has 2 heteroatoms. The summed E-state index contributed by atoms with van der Waals surface area (Å²) in [6, 6.07) is 17.3. The van der Waals surface area contributed by atoms with E-state index in [1.165, 1.54) is 22.4 Å². The topological polar surface area (TPSA) is 29.3 Å². The standard InChI is InChI=1S/C17H20N2/c1-13(18)15-8-5-9-17-16(15)10-11-19(17)12-14-6-3-2-4-7-14/h2-9,13H,10-12,18H2,1H3. The van der Waals surface area contributed by atoms with Crippen LogP contribution >= 0.6 is 0 Å². The van der Waals surface area contributed by atoms with E-state index in [1.54, 1.807) is 0 Å². The number of nitrogens with two attached hydrogens (primary N) is 1. The van der Waals surface area contributed by atoms with Crippen molar-refractivity contribution in [3.8, 4) is 0 Å². The molecule has 0 aromatic heterocycles. The summed E-state index contributed by atoms with van der Waals surface area (Å²) in [5, 5.41) is 0. The van der Waals surface area contributed by atoms with Crippen molar-refractivity contribution in [2.75, 3.05) is 11.4 Å². The van der Waals surface area contributed by atoms with Gasteiger partial charge in [-0.25, -0.2) is 0 Å². The third kappa shape index (κ3) is 2.36. The first kappa shape index (κ1) is 12.2. The lowest BCUT2D eigenvalue weighted by Gasteiger charge is -2.20. The van der Waals surface area contributed by atoms with Crippen LogP contribution in [0.2, 0.25) is 0 Å². The first-order valence-electron chi connectivity index (χ1n) is 6.92. The summed E-state index contributed by atoms with van der Waals surface area (Å²) in [6.45, 7) is 4.14. The van der Waals surface area contributed by atoms with Gasteiger partial charge in [0.15, 0.2) is 0 Å². The quantitative estimate of drug-likeness (QED) is 0.908. The predicted molar refractivity (Wildman–Crippen MR) is 80.2 cm³/mol. The summed E-state index contributed by atoms with van der Waals surface area (Å²) < 4.78 is 0. The van der Waals surface area contributed by atoms with Crippen LogP contribution in [0.1, 0.15) is 29.7 Å². The second kappa shape index (κ2) is 5.06. The highest BCUT2D eigenvalue weighted by molar-refractivity contribution is 5.61. The predicted octanol–water partition coefficient (Wildman–Crippen LogP) is 3.27. The van der Waals surface area contributed by atoms with E-state index >= 15 is 0 Å². The molecule has 2 aromatic rings. The number of rotatable bonds is 3. The highest BCUT2D eigenvalue weighted by Crippen LogP contribution is 2.33. The van der Waals surface area contributed by atoms with Gasteiger partial charge in [-0.2, -0.15) is 0 Å². The Morgan fingerprint density at radius 3 is 2.63 bits per heavy atom. The third-order valence-electron chi connectivity index (χ3n) is 3.87. The monoisotopic (exact) mass is 252 g/mol. The van der Waals surface area contributed by atoms with Crippen LogP contribution in [0.3, 0.4) is 0 Å². The van der Waals surface area contributed by atoms with Crippen molar-refractivity contribution in [3.63, 3.8) is 0 Å². The van der Waals surface area contributed by atoms with E-state index in [4.69, 9.17) is 5.73 Å². The van der Waals surface area contributed by atoms with Crippen molar-refractivity contribution in [2.24, 2.45) is 5.73 Å². The number of anilines is 1. The van der Waals surface area contributed by atoms with Crippen LogP contribution in [0, 0.1) is 0 Å². The van der Waals surface area contributed by atoms with Crippen molar-refractivity contribution < 1.29 is 0 Å². The molecule has 1 aliphatic rings. The Morgan fingerprint density at radius 1 is 1.11 bits per heavy atom. The molecule has 0 saturated carbocycles. The highest BCUT2D eigenvalue weighted by Gasteiger charge is 2.22. The third-order valence-corrected chi connectivity index (χ3v) is 3.87. The summed E-state index contributed by atoms with van der Waals surface area (Å²) in [7, 11) is 0. The molecule has 1 atom stereocenters. The summed E-state index contributed by atoms with van der Waals surface area (Å²) in [4.78, 5) is 2.45. The van der Waals surface area contributed by atoms with E-state index in [0.29, 0.717) is 0 Å². The maximum Gasteiger partial charge on any atom is 0.0429 e. The van der Waals surface area contributed by atoms with E-state index in [1.807, 2.05) is 0 Å². The molecule has 1 aliphatic heterocycles. The van der Waals surface area contributed by atoms with Gasteiger partial charge in [-0.05, 0) is 36.1 Å². The molecule has 0 bridgehead atoms. The Balaban J connectivity index is 1.88. The van der Waals surface area contributed by atoms with Gasteiger partial charge in [-0.15, -0.1) is 0 Å². The minimum Gasteiger partial charge on any atom is -0.367 e. The zero-order chi connectivity index (χ0) is 13.2. The lowest BCUT2D eigenvalue weighted by molar-refractivity contribution is 0.800. The molecule has 3 rings (SSSR count). The molecular formula is C17H20N2. The Bertz CT molecular complexity index is 561. The molecule has 0 saturated heterocycles. The minimum atomic E-state index is 0.117. The van der Waals surface area contributed by atoms with Crippen molar-refractivity contribution in [1.82, 2.24) is 0 Å². The molecule has 2 nitrogen and oxygen atoms in total. The van der Waals surface area contributed by atoms with Crippen LogP contribution in [0.15, 0.2) is 48.5 Å². The van der Waals surface area contributed by atoms with Crippen LogP contribution in [-0.4, -0.2) is 6.54 Å². The fourth-order valence-electron chi connectivity index (χ4n) is 2.92. The Kier molecular flexibility index (Phi) is 3.26. The number of fused-ring (bicyclic) bond motifs is 1. The first-order valence-corrected chi connectivity index (χ1v) is 6.92. The molecule has 1 unspecified atom stereocenters. The van der Waals surface area contributed by atoms with Crippen molar-refractivity contribution >= 4 is 5.69 Å². The van der Waals surface area contributed by atoms with Crippen molar-refractivity contribution in [2.45, 2.75) is 25.9 Å². The van der Waals surface area contributed by atoms with E-state index in [2.05, 4.69) is 60.4 Å². The summed E-state index contributed by atoms with van der Waals surface area (Å²) >= 11 is 0. The zero-order valence-electron chi connectivity index (χ0n) is 11.3. The molecule has 0 amide bonds. The smallest absolute Gasteiger partial charge is 0.0429 e. The average Bonchev–Trinajstić information content (AvgIpc) is 2.83. The number of hydrogen-bond donors (Lipinski definition) is 1. The van der Waals surface area contributed by atoms with Gasteiger partial charge in [0.05, 0.1) is 0 Å². The van der Waals surface area contributed by atoms with Gasteiger partial charge in [-0.1, -0.05) is 42.5 Å². The first-order chi connectivity index (χ1) is 9.25. The highest BCUT2D eigenvalue weighted by atomic mass is 15.1. The van der Waals surface area contributed by atoms with Gasteiger partial charge in [0.2, 0.25) is 0 Å². The van der Waals surface area contributed by atoms with Crippen LogP contribution < -0.4 is 10.6 Å². The molecule has 0 spiro atoms. The fraction of sp³-hybridized carbons (Fsp3) is 0.294. The van der Waals surface area contributed by atoms with E-state index in [9.17, 15) is 0 Å². The second-order valence-electron chi connectivity index (χ2n) is 5.29. The lowest BCUT2D eigenvalue weighted by atomic mass is 10.00. The van der Waals surface area contributed by atoms with Gasteiger partial charge in [0.1, 0.15) is 0 Å². The Labute approximate surface area is 114 Å². The molecule has 19 heavy (non-hydrogen) atoms. The van der Waals surface area contributed by atoms with Gasteiger partial charge in [-0.3, -0.25) is 0 Å². The van der Waals surface area contributed by atoms with Crippen LogP contribution in [-0.2, 0) is 13.0 Å². The van der Waals surface area contributed by atoms with E-state index in [-0.39, 0.29) is 6.04 Å². The van der Waals surface area contributed by atoms with E-state index < -0.39 is 0 Å². The van der Waals surface area contributed by atoms with Crippen molar-refractivity contribution in [1.29, 1.82) is 0 Å². The molecule has 2 aromatic carbocycles. The second-order valence-corrected chi connectivity index (χ2v) is 5.29. The van der Waals surface area contributed by atoms with Crippen LogP contribution in [0.5, 0.6) is 0 Å². The van der Waals surface area contributed by atoms with Crippen LogP contribution in [0.4, 0.5) is 5.69 Å². The molecule has 0 radical (unpaired) electrons. The maximum atomic E-state index is 6.07. The SMILES string of the molecule is CC(N)c1cccc2c1CCN2Cc1ccccc1. The molecule has 0 fully saturated rings. The fourth-order valence-corrected chi connectivity index (χ4v) is 2.92. The van der Waals surface area contributed by atoms with Gasteiger partial charge >= 0.3 is 0 Å². The molecule has 0 aliphatic carbocycles. The molecule has 98 valence electrons.